The number of benzene rings is 6. The van der Waals surface area contributed by atoms with Crippen LogP contribution in [0.5, 0.6) is 34.5 Å². The van der Waals surface area contributed by atoms with E-state index in [4.69, 9.17) is 52.7 Å². The molecule has 0 bridgehead atoms. The molecule has 9 atom stereocenters. The van der Waals surface area contributed by atoms with Gasteiger partial charge >= 0.3 is 7.12 Å². The van der Waals surface area contributed by atoms with E-state index in [1.54, 1.807) is 21.3 Å². The zero-order chi connectivity index (χ0) is 80.3. The lowest BCUT2D eigenvalue weighted by molar-refractivity contribution is -0.130. The molecule has 0 spiro atoms. The van der Waals surface area contributed by atoms with E-state index in [0.29, 0.717) is 57.0 Å². The number of imidazole rings is 3. The second-order valence-corrected chi connectivity index (χ2v) is 35.0. The first-order valence-electron chi connectivity index (χ1n) is 41.4. The van der Waals surface area contributed by atoms with Crippen molar-refractivity contribution in [1.82, 2.24) is 48.3 Å². The zero-order valence-corrected chi connectivity index (χ0v) is 70.3. The predicted molar refractivity (Wildman–Crippen MR) is 451 cm³/mol. The molecule has 22 nitrogen and oxygen atoms in total. The van der Waals surface area contributed by atoms with Crippen molar-refractivity contribution < 1.29 is 52.1 Å². The smallest absolute Gasteiger partial charge is 0.495 e. The average Bonchev–Trinajstić information content (AvgIpc) is 1.62. The number of likely N-dealkylation sites (tertiary alicyclic amines) is 3. The van der Waals surface area contributed by atoms with Gasteiger partial charge in [0.15, 0.2) is 0 Å². The normalized spacial score (nSPS) is 21.6. The molecule has 3 aliphatic carbocycles. The fourth-order valence-corrected chi connectivity index (χ4v) is 17.6. The Balaban J connectivity index is 0.000000131. The number of anilines is 1. The zero-order valence-electron chi connectivity index (χ0n) is 68.7. The molecule has 24 heteroatoms. The van der Waals surface area contributed by atoms with Crippen LogP contribution in [0.3, 0.4) is 0 Å². The van der Waals surface area contributed by atoms with Gasteiger partial charge in [-0.05, 0) is 234 Å². The van der Waals surface area contributed by atoms with Crippen LogP contribution in [0, 0.1) is 17.8 Å². The number of carbonyl (C=O) groups is 3. The fourth-order valence-electron chi connectivity index (χ4n) is 17.1. The van der Waals surface area contributed by atoms with Gasteiger partial charge in [-0.25, -0.2) is 15.0 Å². The van der Waals surface area contributed by atoms with Gasteiger partial charge in [0, 0.05) is 97.9 Å². The Labute approximate surface area is 683 Å². The summed E-state index contributed by atoms with van der Waals surface area (Å²) in [6.45, 7) is 24.9. The Morgan fingerprint density at radius 2 is 0.826 bits per heavy atom. The van der Waals surface area contributed by atoms with Gasteiger partial charge in [-0.2, -0.15) is 0 Å². The molecule has 0 N–H and O–H groups in total. The standard InChI is InChI=1S/C35H41N5O3.C31H40BN3O5.C25H28BrN3O3/c1-23(25-7-12-30(42-3)13-8-25)39-21-27(19-34(39)41)24(2)43-33-18-26(17-32-35(33)40(22-37-32)28-9-10-28)31-14-11-29(20-36-31)38-15-5-4-6-16-38;1-19(21-8-12-25(37-7)13-9-21)34-17-22(14-28(34)36)20(2)38-27-16-23(32-39-30(3,4)31(5,6)40-32)15-26-29(27)35(18-33-26)24-10-11-24;1-15(17-4-8-21(31-3)9-5-17)28-13-18(10-24(28)30)16(2)32-23-12-19(26)11-22-25(23)29(14-27-22)20-6-7-20/h7-8,11-14,17-18,20,22-24,27-28H,4-6,9-10,15-16,19,21H2,1-3H3;8-9,12-13,15-16,18-20,22,24H,10-11,14,17H2,1-7H3;4-5,8-9,11-12,14-16,18,20H,6-7,10,13H2,1-3H3/t23-,24-,27-;19-,20-,22-;15-,16-,18-/m111/s1. The highest BCUT2D eigenvalue weighted by Crippen LogP contribution is 2.47. The Bertz CT molecular complexity index is 5140. The Hall–Kier alpha value is -9.65. The summed E-state index contributed by atoms with van der Waals surface area (Å²) >= 11 is 3.59. The predicted octanol–water partition coefficient (Wildman–Crippen LogP) is 17.4. The van der Waals surface area contributed by atoms with Gasteiger partial charge in [0.25, 0.3) is 0 Å². The molecule has 3 amide bonds. The third kappa shape index (κ3) is 16.8. The summed E-state index contributed by atoms with van der Waals surface area (Å²) < 4.78 is 56.3. The first kappa shape index (κ1) is 79.2. The van der Waals surface area contributed by atoms with Gasteiger partial charge in [0.05, 0.1) is 104 Å². The summed E-state index contributed by atoms with van der Waals surface area (Å²) in [6.07, 6.45) is 19.6. The first-order chi connectivity index (χ1) is 55.4. The van der Waals surface area contributed by atoms with Crippen LogP contribution in [0.2, 0.25) is 0 Å². The van der Waals surface area contributed by atoms with Crippen molar-refractivity contribution in [3.63, 3.8) is 0 Å². The van der Waals surface area contributed by atoms with E-state index in [0.717, 1.165) is 144 Å². The van der Waals surface area contributed by atoms with Gasteiger partial charge in [-0.3, -0.25) is 19.4 Å². The molecular weight excluding hydrogens is 1510 g/mol. The first-order valence-corrected chi connectivity index (χ1v) is 42.2. The lowest BCUT2D eigenvalue weighted by Crippen LogP contribution is -2.41. The molecule has 604 valence electrons. The topological polar surface area (TPSA) is 204 Å². The van der Waals surface area contributed by atoms with E-state index < -0.39 is 18.3 Å². The molecule has 9 heterocycles. The highest BCUT2D eigenvalue weighted by molar-refractivity contribution is 9.10. The summed E-state index contributed by atoms with van der Waals surface area (Å²) in [5, 5.41) is 0. The number of hydrogen-bond donors (Lipinski definition) is 0. The summed E-state index contributed by atoms with van der Waals surface area (Å²) in [5.74, 6) is 5.66. The van der Waals surface area contributed by atoms with Crippen molar-refractivity contribution in [2.24, 2.45) is 17.8 Å². The maximum absolute atomic E-state index is 13.2. The highest BCUT2D eigenvalue weighted by atomic mass is 79.9. The highest BCUT2D eigenvalue weighted by Gasteiger charge is 2.52. The van der Waals surface area contributed by atoms with Crippen LogP contribution < -0.4 is 38.8 Å². The maximum atomic E-state index is 13.2. The molecule has 0 unspecified atom stereocenters. The molecule has 18 rings (SSSR count). The molecular formula is C91H109BBrN11O11. The quantitative estimate of drug-likeness (QED) is 0.0516. The Kier molecular flexibility index (Phi) is 22.6. The van der Waals surface area contributed by atoms with Crippen molar-refractivity contribution in [3.8, 4) is 45.8 Å². The van der Waals surface area contributed by atoms with E-state index in [2.05, 4.69) is 145 Å². The van der Waals surface area contributed by atoms with E-state index >= 15 is 0 Å². The number of carbonyl (C=O) groups excluding carboxylic acids is 3. The van der Waals surface area contributed by atoms with E-state index in [1.807, 2.05) is 125 Å². The molecule has 3 saturated carbocycles. The van der Waals surface area contributed by atoms with Crippen molar-refractivity contribution in [1.29, 1.82) is 0 Å². The van der Waals surface area contributed by atoms with Gasteiger partial charge in [0.1, 0.15) is 69.4 Å². The van der Waals surface area contributed by atoms with Gasteiger partial charge < -0.3 is 71.0 Å². The van der Waals surface area contributed by atoms with Crippen LogP contribution in [0.15, 0.2) is 151 Å². The van der Waals surface area contributed by atoms with Crippen LogP contribution >= 0.6 is 15.9 Å². The molecule has 115 heavy (non-hydrogen) atoms. The van der Waals surface area contributed by atoms with Gasteiger partial charge in [0.2, 0.25) is 17.7 Å². The second-order valence-electron chi connectivity index (χ2n) is 34.0. The van der Waals surface area contributed by atoms with Crippen LogP contribution in [0.1, 0.15) is 199 Å². The number of ether oxygens (including phenoxy) is 6. The Morgan fingerprint density at radius 3 is 1.20 bits per heavy atom. The number of pyridine rings is 1. The minimum Gasteiger partial charge on any atom is -0.497 e. The number of nitrogens with zero attached hydrogens (tertiary/aromatic N) is 11. The molecule has 4 aromatic heterocycles. The van der Waals surface area contributed by atoms with Crippen LogP contribution in [-0.4, -0.2) is 157 Å². The number of amides is 3. The lowest BCUT2D eigenvalue weighted by Gasteiger charge is -2.32. The summed E-state index contributed by atoms with van der Waals surface area (Å²) in [6, 6.07) is 42.0. The second kappa shape index (κ2) is 32.8. The third-order valence-corrected chi connectivity index (χ3v) is 26.2. The number of hydrogen-bond acceptors (Lipinski definition) is 16. The van der Waals surface area contributed by atoms with Crippen molar-refractivity contribution >= 4 is 85.0 Å². The summed E-state index contributed by atoms with van der Waals surface area (Å²) in [7, 11) is 4.47. The lowest BCUT2D eigenvalue weighted by atomic mass is 9.78. The number of methoxy groups -OCH3 is 3. The van der Waals surface area contributed by atoms with Crippen LogP contribution in [-0.2, 0) is 23.7 Å². The van der Waals surface area contributed by atoms with Gasteiger partial charge in [-0.1, -0.05) is 52.3 Å². The molecule has 8 aliphatic rings. The number of aromatic nitrogens is 7. The van der Waals surface area contributed by atoms with Gasteiger partial charge in [-0.15, -0.1) is 0 Å². The molecule has 10 aromatic rings. The molecule has 5 saturated heterocycles. The van der Waals surface area contributed by atoms with Crippen molar-refractivity contribution in [2.45, 2.75) is 212 Å². The molecule has 5 aliphatic heterocycles. The van der Waals surface area contributed by atoms with E-state index in [9.17, 15) is 14.4 Å². The molecule has 6 aromatic carbocycles. The largest absolute Gasteiger partial charge is 0.497 e. The monoisotopic (exact) mass is 1620 g/mol. The molecule has 8 fully saturated rings. The van der Waals surface area contributed by atoms with E-state index in [-0.39, 0.29) is 71.9 Å². The number of rotatable bonds is 24. The number of halogens is 1. The average molecular weight is 1620 g/mol. The van der Waals surface area contributed by atoms with Crippen molar-refractivity contribution in [3.05, 3.63) is 168 Å². The summed E-state index contributed by atoms with van der Waals surface area (Å²) in [5.41, 5.74) is 12.2. The number of fused-ring (bicyclic) bond motifs is 3. The third-order valence-electron chi connectivity index (χ3n) is 25.7. The maximum Gasteiger partial charge on any atom is 0.495 e. The van der Waals surface area contributed by atoms with Crippen molar-refractivity contribution in [2.75, 3.05) is 59.0 Å². The number of piperidine rings is 1. The molecule has 0 radical (unpaired) electrons. The SMILES string of the molecule is COc1ccc([C@@H](C)N2C[C@H]([C@@H](C)Oc3cc(-c4ccc(N5CCCCC5)cn4)cc4ncn(C5CC5)c34)CC2=O)cc1.COc1ccc([C@@H](C)N2C[C@H]([C@@H](C)Oc3cc(B4OC(C)(C)C(C)(C)O4)cc4ncn(C5CC5)c34)CC2=O)cc1.COc1ccc([C@@H](C)N2C[C@H]([C@@H](C)Oc3cc(Br)cc4ncn(C5CC5)c34)CC2=O)cc1. The van der Waals surface area contributed by atoms with Crippen LogP contribution in [0.4, 0.5) is 5.69 Å². The summed E-state index contributed by atoms with van der Waals surface area (Å²) in [4.78, 5) is 66.6. The minimum absolute atomic E-state index is 0.0130. The van der Waals surface area contributed by atoms with Crippen LogP contribution in [0.25, 0.3) is 44.4 Å². The minimum atomic E-state index is -0.507. The van der Waals surface area contributed by atoms with E-state index in [1.165, 1.54) is 37.8 Å². The Morgan fingerprint density at radius 1 is 0.452 bits per heavy atom. The fraction of sp³-hybridized carbons (Fsp3) is 0.484.